The Balaban J connectivity index is 1.82. The molecular weight excluding hydrogens is 470 g/mol. The monoisotopic (exact) mass is 495 g/mol. The summed E-state index contributed by atoms with van der Waals surface area (Å²) in [5.41, 5.74) is 11.8. The van der Waals surface area contributed by atoms with Crippen LogP contribution in [0.2, 0.25) is 5.15 Å². The molecule has 13 nitrogen and oxygen atoms in total. The minimum Gasteiger partial charge on any atom is -0.491 e. The van der Waals surface area contributed by atoms with E-state index in [1.54, 1.807) is 12.1 Å². The van der Waals surface area contributed by atoms with Crippen LogP contribution in [-0.2, 0) is 6.42 Å². The molecule has 0 radical (unpaired) electrons. The summed E-state index contributed by atoms with van der Waals surface area (Å²) in [7, 11) is 0. The summed E-state index contributed by atoms with van der Waals surface area (Å²) < 4.78 is 5.35. The first-order valence-corrected chi connectivity index (χ1v) is 10.5. The minimum atomic E-state index is -1.51. The van der Waals surface area contributed by atoms with Gasteiger partial charge in [0.15, 0.2) is 22.5 Å². The Hall–Kier alpha value is -3.68. The molecule has 0 spiro atoms. The lowest BCUT2D eigenvalue weighted by molar-refractivity contribution is 0.0536. The van der Waals surface area contributed by atoms with Crippen LogP contribution in [0.5, 0.6) is 5.75 Å². The van der Waals surface area contributed by atoms with Crippen molar-refractivity contribution >= 4 is 41.2 Å². The number of ether oxygens (including phenoxy) is 1. The van der Waals surface area contributed by atoms with E-state index in [1.807, 2.05) is 12.1 Å². The molecule has 1 unspecified atom stereocenters. The van der Waals surface area contributed by atoms with Gasteiger partial charge in [-0.1, -0.05) is 23.7 Å². The predicted octanol–water partition coefficient (Wildman–Crippen LogP) is 0.403. The number of aliphatic hydroxyl groups excluding tert-OH is 2. The number of halogens is 1. The molecule has 9 N–H and O–H groups in total. The summed E-state index contributed by atoms with van der Waals surface area (Å²) in [5.74, 6) is -0.978. The second kappa shape index (κ2) is 13.1. The Morgan fingerprint density at radius 3 is 2.50 bits per heavy atom. The minimum absolute atomic E-state index is 0.00280. The van der Waals surface area contributed by atoms with Crippen LogP contribution in [0.4, 0.5) is 16.4 Å². The maximum atomic E-state index is 12.4. The highest BCUT2D eigenvalue weighted by Gasteiger charge is 2.18. The summed E-state index contributed by atoms with van der Waals surface area (Å²) in [6, 6.07) is 7.30. The fourth-order valence-corrected chi connectivity index (χ4v) is 2.77. The number of rotatable bonds is 10. The number of hydrogen-bond acceptors (Lipinski definition) is 9. The zero-order valence-electron chi connectivity index (χ0n) is 18.1. The van der Waals surface area contributed by atoms with Gasteiger partial charge in [0.1, 0.15) is 18.5 Å². The third-order valence-electron chi connectivity index (χ3n) is 4.32. The number of nitrogens with two attached hydrogens (primary N) is 2. The Kier molecular flexibility index (Phi) is 10.3. The van der Waals surface area contributed by atoms with E-state index in [0.717, 1.165) is 18.4 Å². The fraction of sp³-hybridized carbons (Fsp3) is 0.350. The number of nitrogens with zero attached hydrogens (tertiary/aromatic N) is 3. The SMILES string of the molecule is Nc1nc(N)c(C(=O)N/C(=N/C(=O)O)NCCCCc2ccc(OCC(O)CO)cc2)nc1Cl. The van der Waals surface area contributed by atoms with Crippen LogP contribution in [0, 0.1) is 0 Å². The number of carbonyl (C=O) groups excluding carboxylic acids is 1. The van der Waals surface area contributed by atoms with Crippen molar-refractivity contribution in [2.24, 2.45) is 4.99 Å². The topological polar surface area (TPSA) is 218 Å². The van der Waals surface area contributed by atoms with Crippen LogP contribution in [-0.4, -0.2) is 69.1 Å². The lowest BCUT2D eigenvalue weighted by atomic mass is 10.1. The third kappa shape index (κ3) is 8.69. The van der Waals surface area contributed by atoms with Crippen molar-refractivity contribution in [1.82, 2.24) is 20.6 Å². The van der Waals surface area contributed by atoms with E-state index in [1.165, 1.54) is 0 Å². The second-order valence-electron chi connectivity index (χ2n) is 7.01. The van der Waals surface area contributed by atoms with Crippen LogP contribution in [0.3, 0.4) is 0 Å². The quantitative estimate of drug-likeness (QED) is 0.136. The number of aliphatic imine (C=N–C) groups is 1. The lowest BCUT2D eigenvalue weighted by Gasteiger charge is -2.12. The summed E-state index contributed by atoms with van der Waals surface area (Å²) in [6.45, 7) is -0.0360. The van der Waals surface area contributed by atoms with Gasteiger partial charge in [-0.3, -0.25) is 10.1 Å². The van der Waals surface area contributed by atoms with Crippen LogP contribution in [0.1, 0.15) is 28.9 Å². The van der Waals surface area contributed by atoms with Gasteiger partial charge in [0.2, 0.25) is 5.96 Å². The molecule has 2 rings (SSSR count). The molecule has 0 aliphatic heterocycles. The molecule has 1 heterocycles. The molecule has 1 aromatic carbocycles. The molecule has 34 heavy (non-hydrogen) atoms. The number of benzene rings is 1. The van der Waals surface area contributed by atoms with E-state index in [4.69, 9.17) is 38.0 Å². The summed E-state index contributed by atoms with van der Waals surface area (Å²) in [5, 5.41) is 31.9. The third-order valence-corrected chi connectivity index (χ3v) is 4.60. The molecule has 1 aromatic heterocycles. The summed E-state index contributed by atoms with van der Waals surface area (Å²) in [6.07, 6.45) is -0.288. The molecule has 0 fully saturated rings. The van der Waals surface area contributed by atoms with Gasteiger partial charge in [0, 0.05) is 6.54 Å². The van der Waals surface area contributed by atoms with E-state index >= 15 is 0 Å². The zero-order chi connectivity index (χ0) is 25.1. The van der Waals surface area contributed by atoms with Crippen molar-refractivity contribution in [2.45, 2.75) is 25.4 Å². The fourth-order valence-electron chi connectivity index (χ4n) is 2.64. The standard InChI is InChI=1S/C20H26ClN7O6/c21-15-17(23)26-16(22)14(25-15)18(31)27-19(28-20(32)33)24-8-2-1-3-11-4-6-13(7-5-11)34-10-12(30)9-29/h4-7,12,29-30H,1-3,8-10H2,(H,32,33)(H4,22,23,26)(H2,24,27,28,31). The van der Waals surface area contributed by atoms with Crippen LogP contribution < -0.4 is 26.8 Å². The number of aliphatic hydroxyl groups is 2. The molecule has 14 heteroatoms. The average Bonchev–Trinajstić information content (AvgIpc) is 2.79. The summed E-state index contributed by atoms with van der Waals surface area (Å²) >= 11 is 5.76. The number of amides is 2. The molecule has 0 aliphatic carbocycles. The van der Waals surface area contributed by atoms with Gasteiger partial charge in [-0.25, -0.2) is 14.8 Å². The molecule has 0 bridgehead atoms. The van der Waals surface area contributed by atoms with Crippen molar-refractivity contribution in [1.29, 1.82) is 0 Å². The molecule has 1 atom stereocenters. The number of carboxylic acid groups (broad SMARTS) is 1. The maximum Gasteiger partial charge on any atom is 0.434 e. The highest BCUT2D eigenvalue weighted by atomic mass is 35.5. The lowest BCUT2D eigenvalue weighted by Crippen LogP contribution is -2.42. The number of nitrogen functional groups attached to an aromatic ring is 2. The van der Waals surface area contributed by atoms with Crippen molar-refractivity contribution < 1.29 is 29.6 Å². The van der Waals surface area contributed by atoms with Gasteiger partial charge in [-0.2, -0.15) is 0 Å². The maximum absolute atomic E-state index is 12.4. The number of hydrogen-bond donors (Lipinski definition) is 7. The first-order chi connectivity index (χ1) is 16.2. The van der Waals surface area contributed by atoms with Gasteiger partial charge in [0.05, 0.1) is 6.61 Å². The second-order valence-corrected chi connectivity index (χ2v) is 7.36. The van der Waals surface area contributed by atoms with Gasteiger partial charge >= 0.3 is 6.09 Å². The predicted molar refractivity (Wildman–Crippen MR) is 125 cm³/mol. The molecule has 2 amide bonds. The Bertz CT molecular complexity index is 1020. The van der Waals surface area contributed by atoms with Gasteiger partial charge < -0.3 is 36.8 Å². The Morgan fingerprint density at radius 2 is 1.85 bits per heavy atom. The van der Waals surface area contributed by atoms with Gasteiger partial charge in [0.25, 0.3) is 5.91 Å². The first-order valence-electron chi connectivity index (χ1n) is 10.2. The number of anilines is 2. The number of carbonyl (C=O) groups is 2. The highest BCUT2D eigenvalue weighted by molar-refractivity contribution is 6.31. The molecule has 0 saturated carbocycles. The van der Waals surface area contributed by atoms with E-state index in [9.17, 15) is 14.7 Å². The van der Waals surface area contributed by atoms with Crippen molar-refractivity contribution in [3.05, 3.63) is 40.7 Å². The van der Waals surface area contributed by atoms with Gasteiger partial charge in [-0.15, -0.1) is 4.99 Å². The number of aromatic nitrogens is 2. The highest BCUT2D eigenvalue weighted by Crippen LogP contribution is 2.17. The average molecular weight is 496 g/mol. The normalized spacial score (nSPS) is 12.1. The summed E-state index contributed by atoms with van der Waals surface area (Å²) in [4.78, 5) is 34.1. The molecule has 2 aromatic rings. The molecule has 0 saturated heterocycles. The smallest absolute Gasteiger partial charge is 0.434 e. The van der Waals surface area contributed by atoms with Crippen LogP contribution in [0.25, 0.3) is 0 Å². The first kappa shape index (κ1) is 26.6. The van der Waals surface area contributed by atoms with E-state index < -0.39 is 18.1 Å². The van der Waals surface area contributed by atoms with E-state index in [2.05, 4.69) is 25.6 Å². The van der Waals surface area contributed by atoms with E-state index in [0.29, 0.717) is 18.7 Å². The number of aryl methyl sites for hydroxylation is 1. The Labute approximate surface area is 199 Å². The largest absolute Gasteiger partial charge is 0.491 e. The molecular formula is C20H26ClN7O6. The number of guanidine groups is 1. The van der Waals surface area contributed by atoms with E-state index in [-0.39, 0.29) is 41.7 Å². The van der Waals surface area contributed by atoms with Gasteiger partial charge in [-0.05, 0) is 37.0 Å². The molecule has 184 valence electrons. The number of nitrogens with one attached hydrogen (secondary N) is 2. The zero-order valence-corrected chi connectivity index (χ0v) is 18.8. The Morgan fingerprint density at radius 1 is 1.15 bits per heavy atom. The molecule has 0 aliphatic rings. The van der Waals surface area contributed by atoms with Crippen LogP contribution in [0.15, 0.2) is 29.3 Å². The van der Waals surface area contributed by atoms with Crippen molar-refractivity contribution in [2.75, 3.05) is 31.2 Å². The van der Waals surface area contributed by atoms with Crippen LogP contribution >= 0.6 is 11.6 Å². The van der Waals surface area contributed by atoms with Crippen molar-refractivity contribution in [3.8, 4) is 5.75 Å². The van der Waals surface area contributed by atoms with Crippen molar-refractivity contribution in [3.63, 3.8) is 0 Å². The number of unbranched alkanes of at least 4 members (excludes halogenated alkanes) is 1.